The first kappa shape index (κ1) is 13.7. The molecule has 0 bridgehead atoms. The number of hydrogen-bond acceptors (Lipinski definition) is 0. The van der Waals surface area contributed by atoms with E-state index in [1.54, 1.807) is 5.57 Å². The van der Waals surface area contributed by atoms with Gasteiger partial charge in [0.25, 0.3) is 0 Å². The van der Waals surface area contributed by atoms with Crippen LogP contribution in [0, 0.1) is 23.7 Å². The van der Waals surface area contributed by atoms with Gasteiger partial charge in [0.05, 0.1) is 0 Å². The minimum atomic E-state index is 0.690. The normalized spacial score (nSPS) is 12.0. The van der Waals surface area contributed by atoms with E-state index in [2.05, 4.69) is 55.4 Å². The van der Waals surface area contributed by atoms with E-state index in [0.717, 1.165) is 17.8 Å². The molecule has 0 aliphatic rings. The third-order valence-corrected chi connectivity index (χ3v) is 2.99. The summed E-state index contributed by atoms with van der Waals surface area (Å²) in [6.07, 6.45) is 0. The van der Waals surface area contributed by atoms with Crippen molar-refractivity contribution in [3.8, 4) is 0 Å². The van der Waals surface area contributed by atoms with E-state index in [1.807, 2.05) is 0 Å². The third-order valence-electron chi connectivity index (χ3n) is 2.99. The van der Waals surface area contributed by atoms with Gasteiger partial charge in [-0.15, -0.1) is 0 Å². The van der Waals surface area contributed by atoms with Crippen molar-refractivity contribution in [3.05, 3.63) is 11.1 Å². The van der Waals surface area contributed by atoms with Crippen LogP contribution in [0.4, 0.5) is 0 Å². The van der Waals surface area contributed by atoms with Crippen LogP contribution in [-0.2, 0) is 0 Å². The molecule has 0 saturated carbocycles. The summed E-state index contributed by atoms with van der Waals surface area (Å²) < 4.78 is 0. The molecule has 14 heavy (non-hydrogen) atoms. The Bertz CT molecular complexity index is 182. The molecule has 0 fully saturated rings. The first-order chi connectivity index (χ1) is 6.29. The Morgan fingerprint density at radius 2 is 1.07 bits per heavy atom. The van der Waals surface area contributed by atoms with Crippen LogP contribution >= 0.6 is 0 Å². The van der Waals surface area contributed by atoms with Crippen LogP contribution in [0.2, 0.25) is 0 Å². The van der Waals surface area contributed by atoms with Crippen molar-refractivity contribution in [1.29, 1.82) is 0 Å². The topological polar surface area (TPSA) is 0 Å². The van der Waals surface area contributed by atoms with Gasteiger partial charge in [-0.05, 0) is 37.5 Å². The second-order valence-corrected chi connectivity index (χ2v) is 5.62. The molecule has 84 valence electrons. The quantitative estimate of drug-likeness (QED) is 0.561. The molecule has 0 aliphatic carbocycles. The minimum Gasteiger partial charge on any atom is -0.0767 e. The highest BCUT2D eigenvalue weighted by Crippen LogP contribution is 2.34. The summed E-state index contributed by atoms with van der Waals surface area (Å²) in [5, 5.41) is 0. The fourth-order valence-corrected chi connectivity index (χ4v) is 2.78. The zero-order valence-corrected chi connectivity index (χ0v) is 11.3. The molecule has 0 rings (SSSR count). The Labute approximate surface area is 90.8 Å². The highest BCUT2D eigenvalue weighted by Gasteiger charge is 2.24. The maximum absolute atomic E-state index is 2.34. The molecule has 0 aromatic carbocycles. The van der Waals surface area contributed by atoms with Crippen LogP contribution in [0.1, 0.15) is 55.4 Å². The lowest BCUT2D eigenvalue weighted by Gasteiger charge is -2.31. The molecule has 0 heterocycles. The summed E-state index contributed by atoms with van der Waals surface area (Å²) in [6, 6.07) is 0. The highest BCUT2D eigenvalue weighted by atomic mass is 14.3. The molecular weight excluding hydrogens is 168 g/mol. The molecule has 0 atom stereocenters. The summed E-state index contributed by atoms with van der Waals surface area (Å²) in [7, 11) is 0. The average molecular weight is 196 g/mol. The van der Waals surface area contributed by atoms with Gasteiger partial charge in [-0.3, -0.25) is 0 Å². The smallest absolute Gasteiger partial charge is 0.0152 e. The predicted molar refractivity (Wildman–Crippen MR) is 66.4 cm³/mol. The molecule has 0 aromatic rings. The maximum Gasteiger partial charge on any atom is -0.0152 e. The lowest BCUT2D eigenvalue weighted by molar-refractivity contribution is 0.314. The lowest BCUT2D eigenvalue weighted by atomic mass is 9.74. The van der Waals surface area contributed by atoms with E-state index in [1.165, 1.54) is 5.57 Å². The lowest BCUT2D eigenvalue weighted by Crippen LogP contribution is -2.22. The first-order valence-electron chi connectivity index (χ1n) is 5.96. The van der Waals surface area contributed by atoms with Gasteiger partial charge in [0.2, 0.25) is 0 Å². The Kier molecular flexibility index (Phi) is 5.48. The van der Waals surface area contributed by atoms with E-state index in [4.69, 9.17) is 0 Å². The first-order valence-corrected chi connectivity index (χ1v) is 5.96. The largest absolute Gasteiger partial charge is 0.0767 e. The molecule has 0 amide bonds. The van der Waals surface area contributed by atoms with Crippen molar-refractivity contribution < 1.29 is 0 Å². The summed E-state index contributed by atoms with van der Waals surface area (Å²) in [5.41, 5.74) is 3.20. The van der Waals surface area contributed by atoms with Crippen molar-refractivity contribution in [2.45, 2.75) is 55.4 Å². The fraction of sp³-hybridized carbons (Fsp3) is 0.857. The van der Waals surface area contributed by atoms with Gasteiger partial charge in [-0.1, -0.05) is 52.7 Å². The molecule has 0 heteroatoms. The van der Waals surface area contributed by atoms with Crippen molar-refractivity contribution in [2.24, 2.45) is 23.7 Å². The van der Waals surface area contributed by atoms with E-state index < -0.39 is 0 Å². The van der Waals surface area contributed by atoms with Gasteiger partial charge in [-0.25, -0.2) is 0 Å². The summed E-state index contributed by atoms with van der Waals surface area (Å²) in [4.78, 5) is 0. The average Bonchev–Trinajstić information content (AvgIpc) is 1.96. The van der Waals surface area contributed by atoms with Crippen LogP contribution in [0.3, 0.4) is 0 Å². The van der Waals surface area contributed by atoms with Crippen molar-refractivity contribution in [1.82, 2.24) is 0 Å². The van der Waals surface area contributed by atoms with Crippen molar-refractivity contribution in [2.75, 3.05) is 0 Å². The van der Waals surface area contributed by atoms with E-state index in [0.29, 0.717) is 5.92 Å². The second-order valence-electron chi connectivity index (χ2n) is 5.62. The molecule has 0 spiro atoms. The number of hydrogen-bond donors (Lipinski definition) is 0. The Hall–Kier alpha value is -0.260. The van der Waals surface area contributed by atoms with Gasteiger partial charge in [-0.2, -0.15) is 0 Å². The summed E-state index contributed by atoms with van der Waals surface area (Å²) in [5.74, 6) is 2.94. The number of allylic oxidation sites excluding steroid dienone is 2. The van der Waals surface area contributed by atoms with Crippen molar-refractivity contribution in [3.63, 3.8) is 0 Å². The van der Waals surface area contributed by atoms with Crippen molar-refractivity contribution >= 4 is 0 Å². The van der Waals surface area contributed by atoms with Crippen LogP contribution in [-0.4, -0.2) is 0 Å². The predicted octanol–water partition coefficient (Wildman–Crippen LogP) is 4.91. The van der Waals surface area contributed by atoms with Crippen LogP contribution < -0.4 is 0 Å². The molecule has 0 N–H and O–H groups in total. The number of rotatable bonds is 4. The summed E-state index contributed by atoms with van der Waals surface area (Å²) >= 11 is 0. The standard InChI is InChI=1S/C14H28/c1-9(2)13(10(3)4)14(11(5)6)12(7)8/h9-11,13H,1-8H3. The zero-order chi connectivity index (χ0) is 11.5. The Morgan fingerprint density at radius 3 is 1.14 bits per heavy atom. The van der Waals surface area contributed by atoms with Crippen LogP contribution in [0.25, 0.3) is 0 Å². The molecule has 0 saturated heterocycles. The zero-order valence-electron chi connectivity index (χ0n) is 11.3. The fourth-order valence-electron chi connectivity index (χ4n) is 2.78. The SMILES string of the molecule is CC(C)=C(C(C)C)C(C(C)C)C(C)C. The second kappa shape index (κ2) is 5.58. The molecule has 0 aliphatic heterocycles. The minimum absolute atomic E-state index is 0.690. The molecule has 0 unspecified atom stereocenters. The summed E-state index contributed by atoms with van der Waals surface area (Å²) in [6.45, 7) is 18.5. The maximum atomic E-state index is 2.34. The van der Waals surface area contributed by atoms with E-state index in [9.17, 15) is 0 Å². The van der Waals surface area contributed by atoms with Crippen LogP contribution in [0.15, 0.2) is 11.1 Å². The third kappa shape index (κ3) is 3.48. The monoisotopic (exact) mass is 196 g/mol. The highest BCUT2D eigenvalue weighted by molar-refractivity contribution is 5.17. The van der Waals surface area contributed by atoms with Gasteiger partial charge in [0, 0.05) is 0 Å². The van der Waals surface area contributed by atoms with E-state index >= 15 is 0 Å². The van der Waals surface area contributed by atoms with E-state index in [-0.39, 0.29) is 0 Å². The van der Waals surface area contributed by atoms with Gasteiger partial charge in [0.1, 0.15) is 0 Å². The molecule has 0 nitrogen and oxygen atoms in total. The van der Waals surface area contributed by atoms with Gasteiger partial charge >= 0.3 is 0 Å². The Balaban J connectivity index is 5.06. The van der Waals surface area contributed by atoms with Crippen LogP contribution in [0.5, 0.6) is 0 Å². The van der Waals surface area contributed by atoms with Gasteiger partial charge in [0.15, 0.2) is 0 Å². The van der Waals surface area contributed by atoms with Gasteiger partial charge < -0.3 is 0 Å². The molecular formula is C14H28. The molecule has 0 aromatic heterocycles. The molecule has 0 radical (unpaired) electrons. The Morgan fingerprint density at radius 1 is 0.714 bits per heavy atom.